The number of ether oxygens (including phenoxy) is 1. The fourth-order valence-electron chi connectivity index (χ4n) is 3.06. The molecule has 1 N–H and O–H groups in total. The lowest BCUT2D eigenvalue weighted by Gasteiger charge is -2.24. The van der Waals surface area contributed by atoms with Crippen molar-refractivity contribution in [1.29, 1.82) is 0 Å². The van der Waals surface area contributed by atoms with Crippen LogP contribution in [0.1, 0.15) is 37.8 Å². The Morgan fingerprint density at radius 1 is 1.11 bits per heavy atom. The molecule has 1 atom stereocenters. The smallest absolute Gasteiger partial charge is 0.232 e. The molecule has 0 heterocycles. The summed E-state index contributed by atoms with van der Waals surface area (Å²) in [5.41, 5.74) is 1.54. The van der Waals surface area contributed by atoms with Gasteiger partial charge >= 0.3 is 0 Å². The number of sulfonamides is 1. The summed E-state index contributed by atoms with van der Waals surface area (Å²) >= 11 is 0. The average molecular weight is 405 g/mol. The van der Waals surface area contributed by atoms with Gasteiger partial charge in [0.05, 0.1) is 25.1 Å². The van der Waals surface area contributed by atoms with Crippen LogP contribution in [0.4, 0.5) is 5.69 Å². The first-order valence-corrected chi connectivity index (χ1v) is 11.2. The van der Waals surface area contributed by atoms with Crippen LogP contribution < -0.4 is 14.4 Å². The fraction of sp³-hybridized carbons (Fsp3) is 0.381. The van der Waals surface area contributed by atoms with Crippen LogP contribution in [0.15, 0.2) is 54.6 Å². The Bertz CT molecular complexity index is 869. The van der Waals surface area contributed by atoms with Crippen molar-refractivity contribution in [2.45, 2.75) is 32.2 Å². The minimum Gasteiger partial charge on any atom is -0.495 e. The summed E-state index contributed by atoms with van der Waals surface area (Å²) in [6, 6.07) is 16.7. The van der Waals surface area contributed by atoms with Gasteiger partial charge in [0.2, 0.25) is 15.9 Å². The van der Waals surface area contributed by atoms with Crippen molar-refractivity contribution in [3.05, 3.63) is 60.2 Å². The highest BCUT2D eigenvalue weighted by Gasteiger charge is 2.21. The van der Waals surface area contributed by atoms with Crippen molar-refractivity contribution in [1.82, 2.24) is 5.32 Å². The van der Waals surface area contributed by atoms with Crippen LogP contribution in [-0.4, -0.2) is 34.2 Å². The van der Waals surface area contributed by atoms with Crippen LogP contribution in [0, 0.1) is 0 Å². The number of para-hydroxylation sites is 2. The van der Waals surface area contributed by atoms with Gasteiger partial charge in [-0.15, -0.1) is 0 Å². The molecule has 0 saturated carbocycles. The number of amides is 1. The number of hydrogen-bond donors (Lipinski definition) is 1. The Morgan fingerprint density at radius 2 is 1.75 bits per heavy atom. The van der Waals surface area contributed by atoms with Gasteiger partial charge in [0.25, 0.3) is 0 Å². The van der Waals surface area contributed by atoms with Gasteiger partial charge in [0.1, 0.15) is 5.75 Å². The summed E-state index contributed by atoms with van der Waals surface area (Å²) in [4.78, 5) is 12.4. The van der Waals surface area contributed by atoms with E-state index in [4.69, 9.17) is 4.74 Å². The molecule has 0 fully saturated rings. The first kappa shape index (κ1) is 21.8. The van der Waals surface area contributed by atoms with Crippen LogP contribution in [0.5, 0.6) is 5.75 Å². The van der Waals surface area contributed by atoms with Crippen molar-refractivity contribution >= 4 is 21.6 Å². The molecule has 0 spiro atoms. The number of rotatable bonds is 10. The van der Waals surface area contributed by atoms with E-state index < -0.39 is 10.0 Å². The molecule has 0 aliphatic rings. The van der Waals surface area contributed by atoms with Crippen LogP contribution in [0.3, 0.4) is 0 Å². The first-order valence-electron chi connectivity index (χ1n) is 9.31. The molecule has 2 aromatic carbocycles. The van der Waals surface area contributed by atoms with Crippen molar-refractivity contribution in [3.8, 4) is 5.75 Å². The number of anilines is 1. The predicted octanol–water partition coefficient (Wildman–Crippen LogP) is 3.51. The maximum absolute atomic E-state index is 12.4. The van der Waals surface area contributed by atoms with Crippen LogP contribution in [0.25, 0.3) is 0 Å². The van der Waals surface area contributed by atoms with E-state index >= 15 is 0 Å². The Morgan fingerprint density at radius 3 is 2.36 bits per heavy atom. The molecule has 0 unspecified atom stereocenters. The maximum Gasteiger partial charge on any atom is 0.232 e. The minimum absolute atomic E-state index is 0.0473. The molecule has 0 aliphatic carbocycles. The average Bonchev–Trinajstić information content (AvgIpc) is 2.69. The molecule has 0 aromatic heterocycles. The Kier molecular flexibility index (Phi) is 7.87. The van der Waals surface area contributed by atoms with E-state index in [1.54, 1.807) is 24.3 Å². The number of carbonyl (C=O) groups excluding carboxylic acids is 1. The molecule has 0 radical (unpaired) electrons. The summed E-state index contributed by atoms with van der Waals surface area (Å²) in [7, 11) is -2.00. The molecule has 0 bridgehead atoms. The van der Waals surface area contributed by atoms with E-state index in [1.165, 1.54) is 11.4 Å². The van der Waals surface area contributed by atoms with Gasteiger partial charge in [-0.25, -0.2) is 8.42 Å². The van der Waals surface area contributed by atoms with E-state index in [1.807, 2.05) is 37.3 Å². The second-order valence-corrected chi connectivity index (χ2v) is 8.46. The molecule has 28 heavy (non-hydrogen) atoms. The number of benzene rings is 2. The second-order valence-electron chi connectivity index (χ2n) is 6.55. The van der Waals surface area contributed by atoms with Crippen LogP contribution in [-0.2, 0) is 14.8 Å². The zero-order chi connectivity index (χ0) is 20.6. The van der Waals surface area contributed by atoms with Crippen molar-refractivity contribution in [3.63, 3.8) is 0 Å². The van der Waals surface area contributed by atoms with Gasteiger partial charge in [0, 0.05) is 13.0 Å². The molecule has 2 aromatic rings. The van der Waals surface area contributed by atoms with Gasteiger partial charge in [-0.2, -0.15) is 0 Å². The fourth-order valence-corrected chi connectivity index (χ4v) is 4.03. The lowest BCUT2D eigenvalue weighted by Crippen LogP contribution is -2.33. The van der Waals surface area contributed by atoms with E-state index in [0.29, 0.717) is 17.9 Å². The van der Waals surface area contributed by atoms with E-state index in [2.05, 4.69) is 5.32 Å². The zero-order valence-electron chi connectivity index (χ0n) is 16.6. The highest BCUT2D eigenvalue weighted by molar-refractivity contribution is 7.92. The SMILES string of the molecule is CC[C@H](NC(=O)CCCN(c1ccccc1OC)S(C)(=O)=O)c1ccccc1. The first-order chi connectivity index (χ1) is 13.4. The normalized spacial score (nSPS) is 12.2. The van der Waals surface area contributed by atoms with Crippen LogP contribution >= 0.6 is 0 Å². The summed E-state index contributed by atoms with van der Waals surface area (Å²) in [6.45, 7) is 2.22. The van der Waals surface area contributed by atoms with Gasteiger partial charge < -0.3 is 10.1 Å². The van der Waals surface area contributed by atoms with E-state index in [0.717, 1.165) is 18.2 Å². The topological polar surface area (TPSA) is 75.7 Å². The Labute approximate surface area is 167 Å². The van der Waals surface area contributed by atoms with E-state index in [-0.39, 0.29) is 24.9 Å². The summed E-state index contributed by atoms with van der Waals surface area (Å²) in [5, 5.41) is 3.03. The van der Waals surface area contributed by atoms with Gasteiger partial charge in [-0.1, -0.05) is 49.4 Å². The third kappa shape index (κ3) is 5.99. The molecule has 7 heteroatoms. The summed E-state index contributed by atoms with van der Waals surface area (Å²) < 4.78 is 31.1. The lowest BCUT2D eigenvalue weighted by atomic mass is 10.0. The Hall–Kier alpha value is -2.54. The van der Waals surface area contributed by atoms with Crippen LogP contribution in [0.2, 0.25) is 0 Å². The maximum atomic E-state index is 12.4. The number of methoxy groups -OCH3 is 1. The quantitative estimate of drug-likeness (QED) is 0.657. The van der Waals surface area contributed by atoms with Gasteiger partial charge in [-0.05, 0) is 30.5 Å². The largest absolute Gasteiger partial charge is 0.495 e. The van der Waals surface area contributed by atoms with Crippen molar-refractivity contribution in [2.75, 3.05) is 24.2 Å². The minimum atomic E-state index is -3.50. The van der Waals surface area contributed by atoms with E-state index in [9.17, 15) is 13.2 Å². The number of carbonyl (C=O) groups is 1. The molecular formula is C21H28N2O4S. The lowest BCUT2D eigenvalue weighted by molar-refractivity contribution is -0.121. The third-order valence-electron chi connectivity index (χ3n) is 4.46. The van der Waals surface area contributed by atoms with Crippen molar-refractivity contribution in [2.24, 2.45) is 0 Å². The third-order valence-corrected chi connectivity index (χ3v) is 5.64. The van der Waals surface area contributed by atoms with Crippen molar-refractivity contribution < 1.29 is 17.9 Å². The predicted molar refractivity (Wildman–Crippen MR) is 112 cm³/mol. The number of nitrogens with one attached hydrogen (secondary N) is 1. The monoisotopic (exact) mass is 404 g/mol. The second kappa shape index (κ2) is 10.1. The number of hydrogen-bond acceptors (Lipinski definition) is 4. The molecule has 0 saturated heterocycles. The van der Waals surface area contributed by atoms with Gasteiger partial charge in [-0.3, -0.25) is 9.10 Å². The molecule has 0 aliphatic heterocycles. The molecule has 2 rings (SSSR count). The highest BCUT2D eigenvalue weighted by Crippen LogP contribution is 2.29. The molecule has 1 amide bonds. The summed E-state index contributed by atoms with van der Waals surface area (Å²) in [5.74, 6) is 0.386. The Balaban J connectivity index is 1.99. The van der Waals surface area contributed by atoms with Gasteiger partial charge in [0.15, 0.2) is 0 Å². The molecule has 152 valence electrons. The standard InChI is InChI=1S/C21H28N2O4S/c1-4-18(17-11-6-5-7-12-17)22-21(24)15-10-16-23(28(3,25)26)19-13-8-9-14-20(19)27-2/h5-9,11-14,18H,4,10,15-16H2,1-3H3,(H,22,24)/t18-/m0/s1. The summed E-state index contributed by atoms with van der Waals surface area (Å²) in [6.07, 6.45) is 2.58. The highest BCUT2D eigenvalue weighted by atomic mass is 32.2. The number of nitrogens with zero attached hydrogens (tertiary/aromatic N) is 1. The molecular weight excluding hydrogens is 376 g/mol. The zero-order valence-corrected chi connectivity index (χ0v) is 17.4. The molecule has 6 nitrogen and oxygen atoms in total.